The van der Waals surface area contributed by atoms with E-state index in [4.69, 9.17) is 11.6 Å². The first-order valence-electron chi connectivity index (χ1n) is 5.38. The zero-order valence-electron chi connectivity index (χ0n) is 8.74. The summed E-state index contributed by atoms with van der Waals surface area (Å²) >= 11 is 7.82. The first kappa shape index (κ1) is 10.2. The van der Waals surface area contributed by atoms with Crippen LogP contribution in [0.4, 0.5) is 5.69 Å². The number of rotatable bonds is 1. The fourth-order valence-electron chi connectivity index (χ4n) is 2.19. The van der Waals surface area contributed by atoms with E-state index in [1.54, 1.807) is 0 Å². The molecule has 3 heteroatoms. The number of hydrogen-bond acceptors (Lipinski definition) is 2. The van der Waals surface area contributed by atoms with Crippen LogP contribution in [0.15, 0.2) is 35.7 Å². The summed E-state index contributed by atoms with van der Waals surface area (Å²) in [6.07, 6.45) is 1.11. The van der Waals surface area contributed by atoms with Crippen molar-refractivity contribution in [3.8, 4) is 0 Å². The van der Waals surface area contributed by atoms with Gasteiger partial charge in [-0.25, -0.2) is 0 Å². The van der Waals surface area contributed by atoms with Gasteiger partial charge < -0.3 is 5.32 Å². The number of nitrogens with one attached hydrogen (secondary N) is 1. The monoisotopic (exact) mass is 249 g/mol. The molecule has 1 aliphatic rings. The van der Waals surface area contributed by atoms with E-state index >= 15 is 0 Å². The molecule has 0 spiro atoms. The summed E-state index contributed by atoms with van der Waals surface area (Å²) in [6.45, 7) is 1.01. The zero-order valence-corrected chi connectivity index (χ0v) is 10.3. The first-order chi connectivity index (χ1) is 7.83. The van der Waals surface area contributed by atoms with Crippen LogP contribution < -0.4 is 5.32 Å². The average Bonchev–Trinajstić information content (AvgIpc) is 2.82. The molecule has 1 N–H and O–H groups in total. The fourth-order valence-corrected chi connectivity index (χ4v) is 3.19. The largest absolute Gasteiger partial charge is 0.384 e. The Morgan fingerprint density at radius 1 is 1.31 bits per heavy atom. The van der Waals surface area contributed by atoms with Crippen molar-refractivity contribution in [2.24, 2.45) is 0 Å². The topological polar surface area (TPSA) is 12.0 Å². The van der Waals surface area contributed by atoms with Crippen molar-refractivity contribution >= 4 is 28.6 Å². The van der Waals surface area contributed by atoms with Crippen LogP contribution in [-0.2, 0) is 6.42 Å². The molecular weight excluding hydrogens is 238 g/mol. The molecule has 0 radical (unpaired) electrons. The van der Waals surface area contributed by atoms with Gasteiger partial charge in [0.2, 0.25) is 0 Å². The third-order valence-corrected chi connectivity index (χ3v) is 4.29. The number of fused-ring (bicyclic) bond motifs is 1. The van der Waals surface area contributed by atoms with Gasteiger partial charge >= 0.3 is 0 Å². The van der Waals surface area contributed by atoms with Crippen molar-refractivity contribution in [1.29, 1.82) is 0 Å². The van der Waals surface area contributed by atoms with Gasteiger partial charge in [0.15, 0.2) is 0 Å². The summed E-state index contributed by atoms with van der Waals surface area (Å²) in [5, 5.41) is 6.42. The maximum atomic E-state index is 5.97. The maximum Gasteiger partial charge on any atom is 0.0426 e. The molecule has 1 aromatic carbocycles. The molecule has 0 saturated carbocycles. The predicted molar refractivity (Wildman–Crippen MR) is 70.7 cm³/mol. The third-order valence-electron chi connectivity index (χ3n) is 3.02. The van der Waals surface area contributed by atoms with Crippen LogP contribution in [-0.4, -0.2) is 6.54 Å². The molecule has 1 nitrogen and oxygen atoms in total. The number of benzene rings is 1. The van der Waals surface area contributed by atoms with E-state index in [0.717, 1.165) is 18.0 Å². The number of anilines is 1. The lowest BCUT2D eigenvalue weighted by atomic mass is 9.93. The van der Waals surface area contributed by atoms with Gasteiger partial charge in [-0.3, -0.25) is 0 Å². The van der Waals surface area contributed by atoms with Crippen molar-refractivity contribution < 1.29 is 0 Å². The van der Waals surface area contributed by atoms with Crippen molar-refractivity contribution in [2.75, 3.05) is 11.9 Å². The van der Waals surface area contributed by atoms with E-state index in [1.807, 2.05) is 23.5 Å². The van der Waals surface area contributed by atoms with E-state index in [-0.39, 0.29) is 0 Å². The van der Waals surface area contributed by atoms with Gasteiger partial charge in [0.1, 0.15) is 0 Å². The number of hydrogen-bond donors (Lipinski definition) is 1. The first-order valence-corrected chi connectivity index (χ1v) is 6.64. The van der Waals surface area contributed by atoms with Crippen LogP contribution in [0.25, 0.3) is 0 Å². The quantitative estimate of drug-likeness (QED) is 0.801. The minimum Gasteiger partial charge on any atom is -0.384 e. The average molecular weight is 250 g/mol. The van der Waals surface area contributed by atoms with Gasteiger partial charge in [0.25, 0.3) is 0 Å². The molecule has 16 heavy (non-hydrogen) atoms. The minimum absolute atomic E-state index is 0.605. The van der Waals surface area contributed by atoms with E-state index < -0.39 is 0 Å². The van der Waals surface area contributed by atoms with E-state index in [2.05, 4.69) is 28.9 Å². The Balaban J connectivity index is 1.89. The molecule has 3 rings (SSSR count). The van der Waals surface area contributed by atoms with Gasteiger partial charge in [0.05, 0.1) is 0 Å². The molecule has 0 saturated heterocycles. The highest BCUT2D eigenvalue weighted by atomic mass is 35.5. The van der Waals surface area contributed by atoms with Crippen LogP contribution >= 0.6 is 22.9 Å². The Kier molecular flexibility index (Phi) is 2.62. The molecule has 1 aromatic heterocycles. The van der Waals surface area contributed by atoms with E-state index in [0.29, 0.717) is 5.92 Å². The Bertz CT molecular complexity index is 493. The van der Waals surface area contributed by atoms with Gasteiger partial charge in [-0.15, -0.1) is 11.3 Å². The molecule has 0 aliphatic carbocycles. The molecule has 2 heterocycles. The Morgan fingerprint density at radius 3 is 3.06 bits per heavy atom. The zero-order chi connectivity index (χ0) is 11.0. The second-order valence-electron chi connectivity index (χ2n) is 4.10. The van der Waals surface area contributed by atoms with Crippen molar-refractivity contribution in [2.45, 2.75) is 12.3 Å². The van der Waals surface area contributed by atoms with Crippen LogP contribution in [0.1, 0.15) is 16.4 Å². The summed E-state index contributed by atoms with van der Waals surface area (Å²) in [4.78, 5) is 1.47. The summed E-state index contributed by atoms with van der Waals surface area (Å²) < 4.78 is 0. The molecule has 1 unspecified atom stereocenters. The van der Waals surface area contributed by atoms with Gasteiger partial charge in [-0.2, -0.15) is 0 Å². The molecule has 82 valence electrons. The van der Waals surface area contributed by atoms with E-state index in [1.165, 1.54) is 16.1 Å². The second-order valence-corrected chi connectivity index (χ2v) is 5.51. The van der Waals surface area contributed by atoms with Crippen LogP contribution in [0.3, 0.4) is 0 Å². The highest BCUT2D eigenvalue weighted by Crippen LogP contribution is 2.33. The van der Waals surface area contributed by atoms with Gasteiger partial charge in [0, 0.05) is 28.0 Å². The molecule has 0 fully saturated rings. The highest BCUT2D eigenvalue weighted by molar-refractivity contribution is 7.10. The smallest absolute Gasteiger partial charge is 0.0426 e. The minimum atomic E-state index is 0.605. The lowest BCUT2D eigenvalue weighted by molar-refractivity contribution is 0.707. The van der Waals surface area contributed by atoms with E-state index in [9.17, 15) is 0 Å². The molecule has 2 aromatic rings. The summed E-state index contributed by atoms with van der Waals surface area (Å²) in [6, 6.07) is 10.5. The predicted octanol–water partition coefficient (Wildman–Crippen LogP) is 4.15. The lowest BCUT2D eigenvalue weighted by Gasteiger charge is -2.25. The molecular formula is C13H12ClNS. The maximum absolute atomic E-state index is 5.97. The van der Waals surface area contributed by atoms with Crippen molar-refractivity contribution in [1.82, 2.24) is 0 Å². The van der Waals surface area contributed by atoms with Crippen molar-refractivity contribution in [3.05, 3.63) is 51.2 Å². The van der Waals surface area contributed by atoms with Gasteiger partial charge in [-0.05, 0) is 35.6 Å². The second kappa shape index (κ2) is 4.11. The fraction of sp³-hybridized carbons (Fsp3) is 0.231. The Morgan fingerprint density at radius 2 is 2.25 bits per heavy atom. The van der Waals surface area contributed by atoms with Crippen molar-refractivity contribution in [3.63, 3.8) is 0 Å². The van der Waals surface area contributed by atoms with Crippen LogP contribution in [0.5, 0.6) is 0 Å². The number of halogens is 1. The SMILES string of the molecule is Clc1ccc2c(c1)NCC(c1cccs1)C2. The molecule has 1 aliphatic heterocycles. The molecule has 0 amide bonds. The van der Waals surface area contributed by atoms with Gasteiger partial charge in [-0.1, -0.05) is 23.7 Å². The third kappa shape index (κ3) is 1.83. The standard InChI is InChI=1S/C13H12ClNS/c14-11-4-3-9-6-10(8-15-12(9)7-11)13-2-1-5-16-13/h1-5,7,10,15H,6,8H2. The Hall–Kier alpha value is -0.990. The summed E-state index contributed by atoms with van der Waals surface area (Å²) in [7, 11) is 0. The highest BCUT2D eigenvalue weighted by Gasteiger charge is 2.20. The van der Waals surface area contributed by atoms with Crippen LogP contribution in [0, 0.1) is 0 Å². The molecule has 1 atom stereocenters. The Labute approximate surface area is 104 Å². The lowest BCUT2D eigenvalue weighted by Crippen LogP contribution is -2.20. The molecule has 0 bridgehead atoms. The summed E-state index contributed by atoms with van der Waals surface area (Å²) in [5.74, 6) is 0.605. The summed E-state index contributed by atoms with van der Waals surface area (Å²) in [5.41, 5.74) is 2.56. The normalized spacial score (nSPS) is 18.9. The van der Waals surface area contributed by atoms with Crippen LogP contribution in [0.2, 0.25) is 5.02 Å². The number of thiophene rings is 1.